The molecule has 5 rings (SSSR count). The van der Waals surface area contributed by atoms with E-state index in [0.717, 1.165) is 28.4 Å². The Balaban J connectivity index is 1.46. The van der Waals surface area contributed by atoms with Gasteiger partial charge in [0.05, 0.1) is 28.9 Å². The third-order valence-electron chi connectivity index (χ3n) is 6.28. The van der Waals surface area contributed by atoms with Crippen LogP contribution in [0.25, 0.3) is 16.8 Å². The Morgan fingerprint density at radius 3 is 2.03 bits per heavy atom. The highest BCUT2D eigenvalue weighted by Crippen LogP contribution is 2.29. The van der Waals surface area contributed by atoms with Crippen molar-refractivity contribution in [3.63, 3.8) is 0 Å². The molecule has 0 spiro atoms. The first-order valence-corrected chi connectivity index (χ1v) is 13.3. The predicted molar refractivity (Wildman–Crippen MR) is 138 cm³/mol. The van der Waals surface area contributed by atoms with Crippen LogP contribution < -0.4 is 10.5 Å². The Labute approximate surface area is 213 Å². The van der Waals surface area contributed by atoms with Gasteiger partial charge in [-0.05, 0) is 23.3 Å². The van der Waals surface area contributed by atoms with Crippen LogP contribution in [-0.2, 0) is 15.8 Å². The number of sulfonamides is 1. The number of aromatic nitrogens is 2. The maximum atomic E-state index is 13.9. The van der Waals surface area contributed by atoms with E-state index in [4.69, 9.17) is 0 Å². The van der Waals surface area contributed by atoms with Crippen molar-refractivity contribution in [1.29, 1.82) is 0 Å². The number of nitrogens with zero attached hydrogens (tertiary/aromatic N) is 4. The molecule has 1 aromatic heterocycles. The normalized spacial score (nSPS) is 14.6. The zero-order valence-electron chi connectivity index (χ0n) is 19.8. The first kappa shape index (κ1) is 24.8. The van der Waals surface area contributed by atoms with Gasteiger partial charge in [-0.2, -0.15) is 14.1 Å². The number of halogens is 2. The summed E-state index contributed by atoms with van der Waals surface area (Å²) in [5.41, 5.74) is 1.63. The highest BCUT2D eigenvalue weighted by Gasteiger charge is 2.29. The van der Waals surface area contributed by atoms with E-state index in [1.807, 2.05) is 17.0 Å². The number of benzene rings is 3. The van der Waals surface area contributed by atoms with Gasteiger partial charge in [0.15, 0.2) is 0 Å². The SMILES string of the molecule is O=c1c(-c2ccccc2)c(N2CCN(S(=O)(=O)Cc3ccccc3)CC2)cnn1-c1cc(F)cc(F)c1. The molecule has 0 N–H and O–H groups in total. The molecule has 0 aliphatic carbocycles. The predicted octanol–water partition coefficient (Wildman–Crippen LogP) is 3.83. The summed E-state index contributed by atoms with van der Waals surface area (Å²) in [7, 11) is -3.51. The minimum absolute atomic E-state index is 0.0249. The topological polar surface area (TPSA) is 75.5 Å². The van der Waals surface area contributed by atoms with Crippen LogP contribution in [-0.4, -0.2) is 48.7 Å². The van der Waals surface area contributed by atoms with Crippen molar-refractivity contribution >= 4 is 15.7 Å². The second kappa shape index (κ2) is 10.2. The zero-order chi connectivity index (χ0) is 26.0. The van der Waals surface area contributed by atoms with Gasteiger partial charge >= 0.3 is 0 Å². The Morgan fingerprint density at radius 2 is 1.41 bits per heavy atom. The monoisotopic (exact) mass is 522 g/mol. The number of piperazine rings is 1. The first-order valence-electron chi connectivity index (χ1n) is 11.7. The van der Waals surface area contributed by atoms with Crippen LogP contribution in [0.15, 0.2) is 89.9 Å². The van der Waals surface area contributed by atoms with Gasteiger partial charge in [-0.15, -0.1) is 0 Å². The van der Waals surface area contributed by atoms with E-state index in [9.17, 15) is 22.0 Å². The van der Waals surface area contributed by atoms with Crippen LogP contribution in [0.5, 0.6) is 0 Å². The smallest absolute Gasteiger partial charge is 0.281 e. The molecule has 10 heteroatoms. The Bertz CT molecular complexity index is 1550. The molecule has 190 valence electrons. The molecule has 1 aliphatic heterocycles. The molecular weight excluding hydrogens is 498 g/mol. The molecule has 1 fully saturated rings. The fourth-order valence-electron chi connectivity index (χ4n) is 4.49. The highest BCUT2D eigenvalue weighted by molar-refractivity contribution is 7.88. The van der Waals surface area contributed by atoms with Crippen molar-refractivity contribution in [3.05, 3.63) is 113 Å². The standard InChI is InChI=1S/C27H24F2N4O3S/c28-22-15-23(29)17-24(16-22)33-27(34)26(21-9-5-2-6-10-21)25(18-30-33)31-11-13-32(14-12-31)37(35,36)19-20-7-3-1-4-8-20/h1-10,15-18H,11-14,19H2. The van der Waals surface area contributed by atoms with Gasteiger partial charge in [-0.25, -0.2) is 17.2 Å². The number of hydrogen-bond acceptors (Lipinski definition) is 5. The van der Waals surface area contributed by atoms with Crippen molar-refractivity contribution < 1.29 is 17.2 Å². The summed E-state index contributed by atoms with van der Waals surface area (Å²) >= 11 is 0. The van der Waals surface area contributed by atoms with E-state index in [1.54, 1.807) is 48.5 Å². The van der Waals surface area contributed by atoms with Gasteiger partial charge in [0, 0.05) is 32.2 Å². The van der Waals surface area contributed by atoms with Gasteiger partial charge in [0.1, 0.15) is 11.6 Å². The van der Waals surface area contributed by atoms with Gasteiger partial charge < -0.3 is 4.90 Å². The zero-order valence-corrected chi connectivity index (χ0v) is 20.6. The molecule has 7 nitrogen and oxygen atoms in total. The quantitative estimate of drug-likeness (QED) is 0.385. The minimum atomic E-state index is -3.51. The van der Waals surface area contributed by atoms with Gasteiger partial charge in [-0.1, -0.05) is 60.7 Å². The summed E-state index contributed by atoms with van der Waals surface area (Å²) in [5, 5.41) is 4.21. The van der Waals surface area contributed by atoms with Crippen LogP contribution in [0.3, 0.4) is 0 Å². The third-order valence-corrected chi connectivity index (χ3v) is 8.13. The molecule has 0 unspecified atom stereocenters. The molecule has 2 heterocycles. The maximum absolute atomic E-state index is 13.9. The lowest BCUT2D eigenvalue weighted by Gasteiger charge is -2.36. The molecule has 0 saturated carbocycles. The molecule has 1 saturated heterocycles. The summed E-state index contributed by atoms with van der Waals surface area (Å²) in [6, 6.07) is 20.8. The first-order chi connectivity index (χ1) is 17.8. The molecule has 0 atom stereocenters. The molecule has 3 aromatic carbocycles. The highest BCUT2D eigenvalue weighted by atomic mass is 32.2. The fraction of sp³-hybridized carbons (Fsp3) is 0.185. The summed E-state index contributed by atoms with van der Waals surface area (Å²) in [4.78, 5) is 15.5. The summed E-state index contributed by atoms with van der Waals surface area (Å²) in [6.45, 7) is 1.21. The molecule has 4 aromatic rings. The Kier molecular flexibility index (Phi) is 6.86. The summed E-state index contributed by atoms with van der Waals surface area (Å²) in [6.07, 6.45) is 1.49. The Hall–Kier alpha value is -3.89. The molecule has 1 aliphatic rings. The van der Waals surface area contributed by atoms with Gasteiger partial charge in [-0.3, -0.25) is 4.79 Å². The van der Waals surface area contributed by atoms with E-state index in [1.165, 1.54) is 10.5 Å². The lowest BCUT2D eigenvalue weighted by atomic mass is 10.1. The third kappa shape index (κ3) is 5.30. The minimum Gasteiger partial charge on any atom is -0.367 e. The summed E-state index contributed by atoms with van der Waals surface area (Å²) < 4.78 is 56.1. The molecule has 0 amide bonds. The van der Waals surface area contributed by atoms with Crippen LogP contribution in [0.4, 0.5) is 14.5 Å². The lowest BCUT2D eigenvalue weighted by molar-refractivity contribution is 0.384. The average Bonchev–Trinajstić information content (AvgIpc) is 2.89. The number of rotatable bonds is 6. The largest absolute Gasteiger partial charge is 0.367 e. The second-order valence-corrected chi connectivity index (χ2v) is 10.7. The van der Waals surface area contributed by atoms with Crippen molar-refractivity contribution in [1.82, 2.24) is 14.1 Å². The van der Waals surface area contributed by atoms with Gasteiger partial charge in [0.25, 0.3) is 5.56 Å². The van der Waals surface area contributed by atoms with Crippen molar-refractivity contribution in [2.24, 2.45) is 0 Å². The van der Waals surface area contributed by atoms with Crippen LogP contribution >= 0.6 is 0 Å². The van der Waals surface area contributed by atoms with Gasteiger partial charge in [0.2, 0.25) is 10.0 Å². The summed E-state index contributed by atoms with van der Waals surface area (Å²) in [5.74, 6) is -1.71. The van der Waals surface area contributed by atoms with Crippen molar-refractivity contribution in [2.75, 3.05) is 31.1 Å². The Morgan fingerprint density at radius 1 is 0.811 bits per heavy atom. The number of anilines is 1. The van der Waals surface area contributed by atoms with E-state index < -0.39 is 27.2 Å². The molecule has 0 radical (unpaired) electrons. The second-order valence-electron chi connectivity index (χ2n) is 8.74. The fourth-order valence-corrected chi connectivity index (χ4v) is 6.01. The van der Waals surface area contributed by atoms with E-state index in [2.05, 4.69) is 5.10 Å². The number of hydrogen-bond donors (Lipinski definition) is 0. The van der Waals surface area contributed by atoms with Crippen LogP contribution in [0.2, 0.25) is 0 Å². The van der Waals surface area contributed by atoms with E-state index >= 15 is 0 Å². The maximum Gasteiger partial charge on any atom is 0.281 e. The van der Waals surface area contributed by atoms with E-state index in [-0.39, 0.29) is 24.5 Å². The van der Waals surface area contributed by atoms with E-state index in [0.29, 0.717) is 29.9 Å². The average molecular weight is 523 g/mol. The molecule has 0 bridgehead atoms. The van der Waals surface area contributed by atoms with Crippen LogP contribution in [0.1, 0.15) is 5.56 Å². The molecule has 37 heavy (non-hydrogen) atoms. The van der Waals surface area contributed by atoms with Crippen molar-refractivity contribution in [3.8, 4) is 16.8 Å². The van der Waals surface area contributed by atoms with Crippen LogP contribution in [0, 0.1) is 11.6 Å². The lowest BCUT2D eigenvalue weighted by Crippen LogP contribution is -2.49. The van der Waals surface area contributed by atoms with Crippen molar-refractivity contribution in [2.45, 2.75) is 5.75 Å². The molecular formula is C27H24F2N4O3S.